The zero-order chi connectivity index (χ0) is 27.9. The van der Waals surface area contributed by atoms with E-state index in [4.69, 9.17) is 0 Å². The number of para-hydroxylation sites is 3. The van der Waals surface area contributed by atoms with Gasteiger partial charge in [-0.2, -0.15) is 0 Å². The Morgan fingerprint density at radius 2 is 1.00 bits per heavy atom. The Bertz CT molecular complexity index is 2140. The summed E-state index contributed by atoms with van der Waals surface area (Å²) < 4.78 is 2.44. The molecule has 0 unspecified atom stereocenters. The summed E-state index contributed by atoms with van der Waals surface area (Å²) in [5.74, 6) is 0. The van der Waals surface area contributed by atoms with E-state index in [9.17, 15) is 0 Å². The number of hydrogen-bond acceptors (Lipinski definition) is 1. The lowest BCUT2D eigenvalue weighted by molar-refractivity contribution is 1.19. The molecule has 42 heavy (non-hydrogen) atoms. The van der Waals surface area contributed by atoms with Crippen molar-refractivity contribution in [1.29, 1.82) is 0 Å². The SMILES string of the molecule is c1ccc(-c2cccc(-n3c4ccccc4c4ccc5ccc(N(c6ccccc6)c6ccccc6)cc5c43)c2)cc1. The molecule has 0 aliphatic heterocycles. The van der Waals surface area contributed by atoms with Gasteiger partial charge in [-0.15, -0.1) is 0 Å². The minimum Gasteiger partial charge on any atom is -0.310 e. The standard InChI is InChI=1S/C40H28N2/c1-4-13-29(14-5-1)31-15-12-20-34(27-31)42-39-22-11-10-21-36(39)37-26-24-30-23-25-35(28-38(30)40(37)42)41(32-16-6-2-7-17-32)33-18-8-3-9-19-33/h1-28H. The van der Waals surface area contributed by atoms with Gasteiger partial charge < -0.3 is 9.47 Å². The maximum absolute atomic E-state index is 2.44. The molecule has 0 amide bonds. The van der Waals surface area contributed by atoms with Crippen molar-refractivity contribution in [3.8, 4) is 16.8 Å². The monoisotopic (exact) mass is 536 g/mol. The summed E-state index contributed by atoms with van der Waals surface area (Å²) in [6.07, 6.45) is 0. The molecule has 198 valence electrons. The van der Waals surface area contributed by atoms with Crippen LogP contribution in [0.2, 0.25) is 0 Å². The average Bonchev–Trinajstić information content (AvgIpc) is 3.41. The van der Waals surface area contributed by atoms with E-state index in [1.807, 2.05) is 0 Å². The molecular formula is C40H28N2. The molecule has 0 saturated heterocycles. The molecule has 0 aliphatic carbocycles. The molecule has 0 aliphatic rings. The Hall–Kier alpha value is -5.60. The van der Waals surface area contributed by atoms with Crippen LogP contribution in [0.15, 0.2) is 170 Å². The third-order valence-electron chi connectivity index (χ3n) is 8.13. The summed E-state index contributed by atoms with van der Waals surface area (Å²) in [7, 11) is 0. The van der Waals surface area contributed by atoms with E-state index < -0.39 is 0 Å². The number of aromatic nitrogens is 1. The van der Waals surface area contributed by atoms with Gasteiger partial charge in [-0.1, -0.05) is 115 Å². The van der Waals surface area contributed by atoms with Crippen molar-refractivity contribution in [2.24, 2.45) is 0 Å². The fourth-order valence-electron chi connectivity index (χ4n) is 6.23. The summed E-state index contributed by atoms with van der Waals surface area (Å²) in [5, 5.41) is 4.96. The largest absolute Gasteiger partial charge is 0.310 e. The molecule has 0 atom stereocenters. The minimum atomic E-state index is 1.13. The minimum absolute atomic E-state index is 1.13. The summed E-state index contributed by atoms with van der Waals surface area (Å²) in [5.41, 5.74) is 9.40. The summed E-state index contributed by atoms with van der Waals surface area (Å²) in [6, 6.07) is 60.9. The Labute approximate surface area is 245 Å². The van der Waals surface area contributed by atoms with Crippen molar-refractivity contribution in [2.45, 2.75) is 0 Å². The fourth-order valence-corrected chi connectivity index (χ4v) is 6.23. The molecule has 0 saturated carbocycles. The van der Waals surface area contributed by atoms with Crippen LogP contribution in [0, 0.1) is 0 Å². The predicted molar refractivity (Wildman–Crippen MR) is 178 cm³/mol. The molecule has 7 aromatic carbocycles. The molecule has 0 radical (unpaired) electrons. The number of benzene rings is 7. The Morgan fingerprint density at radius 3 is 1.74 bits per heavy atom. The van der Waals surface area contributed by atoms with Gasteiger partial charge in [0.1, 0.15) is 0 Å². The van der Waals surface area contributed by atoms with Gasteiger partial charge in [0, 0.05) is 38.9 Å². The van der Waals surface area contributed by atoms with E-state index in [0.717, 1.165) is 22.7 Å². The summed E-state index contributed by atoms with van der Waals surface area (Å²) in [4.78, 5) is 2.33. The Balaban J connectivity index is 1.42. The van der Waals surface area contributed by atoms with E-state index in [1.165, 1.54) is 43.7 Å². The van der Waals surface area contributed by atoms with Crippen molar-refractivity contribution >= 4 is 49.6 Å². The van der Waals surface area contributed by atoms with Crippen LogP contribution in [0.3, 0.4) is 0 Å². The van der Waals surface area contributed by atoms with E-state index in [0.29, 0.717) is 0 Å². The first-order valence-electron chi connectivity index (χ1n) is 14.4. The van der Waals surface area contributed by atoms with Gasteiger partial charge in [0.15, 0.2) is 0 Å². The lowest BCUT2D eigenvalue weighted by Gasteiger charge is -2.26. The number of fused-ring (bicyclic) bond motifs is 5. The van der Waals surface area contributed by atoms with Gasteiger partial charge in [0.25, 0.3) is 0 Å². The Morgan fingerprint density at radius 1 is 0.381 bits per heavy atom. The van der Waals surface area contributed by atoms with Gasteiger partial charge in [-0.25, -0.2) is 0 Å². The smallest absolute Gasteiger partial charge is 0.0620 e. The number of rotatable bonds is 5. The predicted octanol–water partition coefficient (Wildman–Crippen LogP) is 11.1. The normalized spacial score (nSPS) is 11.3. The van der Waals surface area contributed by atoms with Crippen LogP contribution in [0.4, 0.5) is 17.1 Å². The van der Waals surface area contributed by atoms with Gasteiger partial charge >= 0.3 is 0 Å². The third-order valence-corrected chi connectivity index (χ3v) is 8.13. The van der Waals surface area contributed by atoms with E-state index in [2.05, 4.69) is 179 Å². The fraction of sp³-hybridized carbons (Fsp3) is 0. The molecule has 0 bridgehead atoms. The molecule has 2 nitrogen and oxygen atoms in total. The maximum atomic E-state index is 2.44. The molecule has 0 fully saturated rings. The number of nitrogens with zero attached hydrogens (tertiary/aromatic N) is 2. The van der Waals surface area contributed by atoms with Crippen LogP contribution < -0.4 is 4.90 Å². The zero-order valence-corrected chi connectivity index (χ0v) is 23.1. The first-order chi connectivity index (χ1) is 20.8. The van der Waals surface area contributed by atoms with Crippen LogP contribution in [-0.4, -0.2) is 4.57 Å². The molecule has 1 aromatic heterocycles. The van der Waals surface area contributed by atoms with Crippen molar-refractivity contribution < 1.29 is 0 Å². The lowest BCUT2D eigenvalue weighted by atomic mass is 10.0. The van der Waals surface area contributed by atoms with Gasteiger partial charge in [-0.05, 0) is 71.1 Å². The van der Waals surface area contributed by atoms with E-state index >= 15 is 0 Å². The molecule has 0 N–H and O–H groups in total. The van der Waals surface area contributed by atoms with Crippen LogP contribution >= 0.6 is 0 Å². The maximum Gasteiger partial charge on any atom is 0.0620 e. The van der Waals surface area contributed by atoms with Crippen LogP contribution in [0.5, 0.6) is 0 Å². The quantitative estimate of drug-likeness (QED) is 0.212. The van der Waals surface area contributed by atoms with Crippen molar-refractivity contribution in [2.75, 3.05) is 4.90 Å². The first kappa shape index (κ1) is 24.2. The van der Waals surface area contributed by atoms with Crippen molar-refractivity contribution in [3.63, 3.8) is 0 Å². The van der Waals surface area contributed by atoms with E-state index in [-0.39, 0.29) is 0 Å². The lowest BCUT2D eigenvalue weighted by Crippen LogP contribution is -2.09. The highest BCUT2D eigenvalue weighted by Gasteiger charge is 2.18. The van der Waals surface area contributed by atoms with Crippen molar-refractivity contribution in [3.05, 3.63) is 170 Å². The van der Waals surface area contributed by atoms with Gasteiger partial charge in [-0.3, -0.25) is 0 Å². The first-order valence-corrected chi connectivity index (χ1v) is 14.4. The van der Waals surface area contributed by atoms with Crippen molar-refractivity contribution in [1.82, 2.24) is 4.57 Å². The zero-order valence-electron chi connectivity index (χ0n) is 23.1. The van der Waals surface area contributed by atoms with E-state index in [1.54, 1.807) is 0 Å². The topological polar surface area (TPSA) is 8.17 Å². The summed E-state index contributed by atoms with van der Waals surface area (Å²) in [6.45, 7) is 0. The molecular weight excluding hydrogens is 508 g/mol. The Kier molecular flexibility index (Phi) is 5.82. The highest BCUT2D eigenvalue weighted by molar-refractivity contribution is 6.19. The molecule has 8 aromatic rings. The third kappa shape index (κ3) is 4.05. The van der Waals surface area contributed by atoms with Gasteiger partial charge in [0.05, 0.1) is 11.0 Å². The summed E-state index contributed by atoms with van der Waals surface area (Å²) >= 11 is 0. The second-order valence-corrected chi connectivity index (χ2v) is 10.6. The van der Waals surface area contributed by atoms with Crippen LogP contribution in [0.25, 0.3) is 49.4 Å². The molecule has 0 spiro atoms. The van der Waals surface area contributed by atoms with Crippen LogP contribution in [-0.2, 0) is 0 Å². The second-order valence-electron chi connectivity index (χ2n) is 10.6. The number of hydrogen-bond donors (Lipinski definition) is 0. The highest BCUT2D eigenvalue weighted by Crippen LogP contribution is 2.41. The highest BCUT2D eigenvalue weighted by atomic mass is 15.1. The molecule has 8 rings (SSSR count). The number of anilines is 3. The van der Waals surface area contributed by atoms with Gasteiger partial charge in [0.2, 0.25) is 0 Å². The molecule has 2 heteroatoms. The van der Waals surface area contributed by atoms with Crippen LogP contribution in [0.1, 0.15) is 0 Å². The second kappa shape index (κ2) is 10.1. The average molecular weight is 537 g/mol. The molecule has 1 heterocycles.